The lowest BCUT2D eigenvalue weighted by Gasteiger charge is -2.54. The summed E-state index contributed by atoms with van der Waals surface area (Å²) in [6.07, 6.45) is 7.46. The first-order chi connectivity index (χ1) is 11.9. The predicted molar refractivity (Wildman–Crippen MR) is 104 cm³/mol. The number of ether oxygens (including phenoxy) is 2. The van der Waals surface area contributed by atoms with Gasteiger partial charge in [-0.3, -0.25) is 4.79 Å². The van der Waals surface area contributed by atoms with Crippen LogP contribution in [0.15, 0.2) is 0 Å². The first-order valence-electron chi connectivity index (χ1n) is 10.8. The average Bonchev–Trinajstić information content (AvgIpc) is 2.45. The van der Waals surface area contributed by atoms with E-state index in [1.807, 2.05) is 6.92 Å². The summed E-state index contributed by atoms with van der Waals surface area (Å²) >= 11 is 0. The molecule has 0 saturated heterocycles. The molecule has 2 atom stereocenters. The molecule has 0 spiro atoms. The van der Waals surface area contributed by atoms with Gasteiger partial charge in [-0.25, -0.2) is 0 Å². The summed E-state index contributed by atoms with van der Waals surface area (Å²) in [6.45, 7) is 14.9. The second-order valence-electron chi connectivity index (χ2n) is 11.7. The Bertz CT molecular complexity index is 483. The van der Waals surface area contributed by atoms with E-state index in [-0.39, 0.29) is 22.7 Å². The fourth-order valence-electron chi connectivity index (χ4n) is 5.95. The molecule has 4 fully saturated rings. The van der Waals surface area contributed by atoms with Gasteiger partial charge in [-0.1, -0.05) is 41.5 Å². The molecule has 3 heteroatoms. The third kappa shape index (κ3) is 4.64. The van der Waals surface area contributed by atoms with Crippen LogP contribution in [-0.4, -0.2) is 18.4 Å². The summed E-state index contributed by atoms with van der Waals surface area (Å²) < 4.78 is 12.2. The monoisotopic (exact) mass is 364 g/mol. The first-order valence-corrected chi connectivity index (χ1v) is 10.8. The normalized spacial score (nSPS) is 36.0. The largest absolute Gasteiger partial charge is 0.436 e. The molecule has 26 heavy (non-hydrogen) atoms. The highest BCUT2D eigenvalue weighted by Gasteiger charge is 2.49. The lowest BCUT2D eigenvalue weighted by atomic mass is 9.55. The van der Waals surface area contributed by atoms with Crippen LogP contribution >= 0.6 is 0 Å². The third-order valence-electron chi connectivity index (χ3n) is 6.92. The second-order valence-corrected chi connectivity index (χ2v) is 11.7. The Morgan fingerprint density at radius 2 is 1.42 bits per heavy atom. The number of carbonyl (C=O) groups excluding carboxylic acids is 1. The minimum absolute atomic E-state index is 0.0938. The number of hydrogen-bond donors (Lipinski definition) is 0. The molecule has 4 aliphatic carbocycles. The van der Waals surface area contributed by atoms with Gasteiger partial charge in [0.05, 0.1) is 12.0 Å². The van der Waals surface area contributed by atoms with Crippen LogP contribution in [0.5, 0.6) is 0 Å². The standard InChI is InChI=1S/C23H40O3/c1-14(26-21(24)19(23(5,6)7)13-22(2,3)4)25-20-17-9-15-8-16(11-17)12-18(20)10-15/h14-20H,8-13H2,1-7H3. The maximum absolute atomic E-state index is 12.9. The highest BCUT2D eigenvalue weighted by atomic mass is 16.7. The van der Waals surface area contributed by atoms with E-state index in [1.54, 1.807) is 0 Å². The highest BCUT2D eigenvalue weighted by molar-refractivity contribution is 5.73. The van der Waals surface area contributed by atoms with Crippen molar-refractivity contribution in [3.05, 3.63) is 0 Å². The van der Waals surface area contributed by atoms with E-state index in [0.29, 0.717) is 17.9 Å². The first kappa shape index (κ1) is 20.2. The molecule has 0 heterocycles. The van der Waals surface area contributed by atoms with E-state index in [2.05, 4.69) is 41.5 Å². The maximum Gasteiger partial charge on any atom is 0.311 e. The van der Waals surface area contributed by atoms with Crippen LogP contribution in [0, 0.1) is 40.4 Å². The number of esters is 1. The van der Waals surface area contributed by atoms with Crippen molar-refractivity contribution in [2.24, 2.45) is 40.4 Å². The Hall–Kier alpha value is -0.570. The molecule has 2 unspecified atom stereocenters. The van der Waals surface area contributed by atoms with Crippen molar-refractivity contribution in [2.75, 3.05) is 0 Å². The van der Waals surface area contributed by atoms with Crippen molar-refractivity contribution in [1.29, 1.82) is 0 Å². The van der Waals surface area contributed by atoms with Crippen LogP contribution in [0.1, 0.15) is 87.0 Å². The zero-order chi connectivity index (χ0) is 19.3. The van der Waals surface area contributed by atoms with Crippen LogP contribution in [0.3, 0.4) is 0 Å². The molecule has 3 nitrogen and oxygen atoms in total. The van der Waals surface area contributed by atoms with Gasteiger partial charge in [0.25, 0.3) is 0 Å². The van der Waals surface area contributed by atoms with Crippen LogP contribution in [0.4, 0.5) is 0 Å². The summed E-state index contributed by atoms with van der Waals surface area (Å²) in [5.74, 6) is 3.07. The molecule has 0 N–H and O–H groups in total. The molecule has 0 aliphatic heterocycles. The van der Waals surface area contributed by atoms with E-state index in [9.17, 15) is 4.79 Å². The van der Waals surface area contributed by atoms with Gasteiger partial charge in [-0.05, 0) is 80.0 Å². The quantitative estimate of drug-likeness (QED) is 0.456. The van der Waals surface area contributed by atoms with Crippen LogP contribution < -0.4 is 0 Å². The molecular weight excluding hydrogens is 324 g/mol. The van der Waals surface area contributed by atoms with Gasteiger partial charge in [0.15, 0.2) is 6.29 Å². The second kappa shape index (κ2) is 7.11. The van der Waals surface area contributed by atoms with E-state index in [4.69, 9.17) is 9.47 Å². The van der Waals surface area contributed by atoms with Crippen molar-refractivity contribution in [2.45, 2.75) is 99.4 Å². The number of rotatable bonds is 5. The summed E-state index contributed by atoms with van der Waals surface area (Å²) in [7, 11) is 0. The lowest BCUT2D eigenvalue weighted by Crippen LogP contribution is -2.50. The van der Waals surface area contributed by atoms with E-state index in [1.165, 1.54) is 32.1 Å². The van der Waals surface area contributed by atoms with Crippen LogP contribution in [0.25, 0.3) is 0 Å². The summed E-state index contributed by atoms with van der Waals surface area (Å²) in [4.78, 5) is 12.9. The van der Waals surface area contributed by atoms with Gasteiger partial charge >= 0.3 is 5.97 Å². The SMILES string of the molecule is CC(OC(=O)C(CC(C)(C)C)C(C)(C)C)OC1C2CC3CC(C2)CC1C3. The van der Waals surface area contributed by atoms with Gasteiger partial charge in [0.1, 0.15) is 0 Å². The van der Waals surface area contributed by atoms with Crippen molar-refractivity contribution >= 4 is 5.97 Å². The Morgan fingerprint density at radius 3 is 1.85 bits per heavy atom. The van der Waals surface area contributed by atoms with Crippen molar-refractivity contribution in [3.63, 3.8) is 0 Å². The maximum atomic E-state index is 12.9. The average molecular weight is 365 g/mol. The molecule has 4 saturated carbocycles. The van der Waals surface area contributed by atoms with Crippen molar-refractivity contribution in [3.8, 4) is 0 Å². The molecule has 4 bridgehead atoms. The Balaban J connectivity index is 1.58. The molecule has 0 radical (unpaired) electrons. The molecule has 4 aliphatic rings. The fourth-order valence-corrected chi connectivity index (χ4v) is 5.95. The Kier molecular flexibility index (Phi) is 5.52. The summed E-state index contributed by atoms with van der Waals surface area (Å²) in [6, 6.07) is 0. The molecule has 0 amide bonds. The van der Waals surface area contributed by atoms with E-state index in [0.717, 1.165) is 18.3 Å². The molecule has 150 valence electrons. The Labute approximate surface area is 160 Å². The Morgan fingerprint density at radius 1 is 0.923 bits per heavy atom. The smallest absolute Gasteiger partial charge is 0.311 e. The van der Waals surface area contributed by atoms with Gasteiger partial charge in [0.2, 0.25) is 0 Å². The van der Waals surface area contributed by atoms with E-state index < -0.39 is 6.29 Å². The van der Waals surface area contributed by atoms with Crippen LogP contribution in [0.2, 0.25) is 0 Å². The number of carbonyl (C=O) groups is 1. The van der Waals surface area contributed by atoms with Crippen molar-refractivity contribution < 1.29 is 14.3 Å². The topological polar surface area (TPSA) is 35.5 Å². The lowest BCUT2D eigenvalue weighted by molar-refractivity contribution is -0.224. The van der Waals surface area contributed by atoms with Gasteiger partial charge in [-0.2, -0.15) is 0 Å². The summed E-state index contributed by atoms with van der Waals surface area (Å²) in [5, 5.41) is 0. The van der Waals surface area contributed by atoms with Crippen molar-refractivity contribution in [1.82, 2.24) is 0 Å². The van der Waals surface area contributed by atoms with Crippen LogP contribution in [-0.2, 0) is 14.3 Å². The fraction of sp³-hybridized carbons (Fsp3) is 0.957. The molecular formula is C23H40O3. The minimum Gasteiger partial charge on any atom is -0.436 e. The zero-order valence-corrected chi connectivity index (χ0v) is 18.0. The molecule has 0 aromatic carbocycles. The van der Waals surface area contributed by atoms with Gasteiger partial charge in [0, 0.05) is 0 Å². The third-order valence-corrected chi connectivity index (χ3v) is 6.92. The van der Waals surface area contributed by atoms with Gasteiger partial charge < -0.3 is 9.47 Å². The molecule has 0 aromatic rings. The minimum atomic E-state index is -0.435. The highest BCUT2D eigenvalue weighted by Crippen LogP contribution is 2.54. The van der Waals surface area contributed by atoms with Gasteiger partial charge in [-0.15, -0.1) is 0 Å². The predicted octanol–water partition coefficient (Wildman–Crippen LogP) is 5.82. The molecule has 0 aromatic heterocycles. The molecule has 4 rings (SSSR count). The summed E-state index contributed by atoms with van der Waals surface area (Å²) in [5.41, 5.74) is -0.00477. The number of hydrogen-bond acceptors (Lipinski definition) is 3. The van der Waals surface area contributed by atoms with E-state index >= 15 is 0 Å². The zero-order valence-electron chi connectivity index (χ0n) is 18.0.